The molecule has 1 aromatic heterocycles. The summed E-state index contributed by atoms with van der Waals surface area (Å²) in [5.74, 6) is 0. The third kappa shape index (κ3) is 3.02. The largest absolute Gasteiger partial charge is 0.370 e. The average molecular weight is 247 g/mol. The molecular formula is C15H25N3. The predicted octanol–water partition coefficient (Wildman–Crippen LogP) is 3.13. The van der Waals surface area contributed by atoms with Crippen LogP contribution < -0.4 is 10.2 Å². The number of nitrogens with zero attached hydrogens (tertiary/aromatic N) is 2. The van der Waals surface area contributed by atoms with Crippen LogP contribution in [0.15, 0.2) is 18.3 Å². The summed E-state index contributed by atoms with van der Waals surface area (Å²) in [4.78, 5) is 6.98. The molecule has 1 N–H and O–H groups in total. The Hall–Kier alpha value is -1.09. The first-order valence-electron chi connectivity index (χ1n) is 7.14. The van der Waals surface area contributed by atoms with Crippen molar-refractivity contribution in [2.45, 2.75) is 51.6 Å². The summed E-state index contributed by atoms with van der Waals surface area (Å²) in [6, 6.07) is 5.40. The van der Waals surface area contributed by atoms with E-state index in [1.807, 2.05) is 6.20 Å². The molecular weight excluding hydrogens is 222 g/mol. The molecule has 0 saturated heterocycles. The second-order valence-electron chi connectivity index (χ2n) is 5.27. The number of aromatic nitrogens is 1. The van der Waals surface area contributed by atoms with Crippen LogP contribution in [0.5, 0.6) is 0 Å². The van der Waals surface area contributed by atoms with Crippen LogP contribution in [0.4, 0.5) is 5.69 Å². The minimum atomic E-state index is 0.334. The van der Waals surface area contributed by atoms with E-state index in [4.69, 9.17) is 0 Å². The van der Waals surface area contributed by atoms with Crippen molar-refractivity contribution in [1.82, 2.24) is 10.3 Å². The Morgan fingerprint density at radius 2 is 2.11 bits per heavy atom. The molecule has 3 heteroatoms. The van der Waals surface area contributed by atoms with E-state index in [1.165, 1.54) is 31.4 Å². The van der Waals surface area contributed by atoms with Gasteiger partial charge in [0.2, 0.25) is 0 Å². The summed E-state index contributed by atoms with van der Waals surface area (Å²) in [5.41, 5.74) is 2.37. The second-order valence-corrected chi connectivity index (χ2v) is 5.27. The van der Waals surface area contributed by atoms with Crippen LogP contribution in [0.1, 0.15) is 51.3 Å². The summed E-state index contributed by atoms with van der Waals surface area (Å²) < 4.78 is 0. The molecule has 0 aliphatic heterocycles. The molecule has 2 rings (SSSR count). The summed E-state index contributed by atoms with van der Waals surface area (Å²) >= 11 is 0. The van der Waals surface area contributed by atoms with E-state index in [0.29, 0.717) is 12.1 Å². The summed E-state index contributed by atoms with van der Waals surface area (Å²) in [5, 5.41) is 3.39. The fraction of sp³-hybridized carbons (Fsp3) is 0.667. The quantitative estimate of drug-likeness (QED) is 0.866. The monoisotopic (exact) mass is 247 g/mol. The van der Waals surface area contributed by atoms with E-state index < -0.39 is 0 Å². The van der Waals surface area contributed by atoms with E-state index in [0.717, 1.165) is 12.2 Å². The van der Waals surface area contributed by atoms with Gasteiger partial charge in [0, 0.05) is 19.1 Å². The highest BCUT2D eigenvalue weighted by molar-refractivity contribution is 5.45. The average Bonchev–Trinajstić information content (AvgIpc) is 2.92. The molecule has 1 saturated carbocycles. The molecule has 1 aromatic rings. The van der Waals surface area contributed by atoms with Gasteiger partial charge in [-0.1, -0.05) is 19.8 Å². The van der Waals surface area contributed by atoms with Gasteiger partial charge < -0.3 is 10.2 Å². The van der Waals surface area contributed by atoms with Gasteiger partial charge in [0.1, 0.15) is 0 Å². The lowest BCUT2D eigenvalue weighted by atomic mass is 10.2. The predicted molar refractivity (Wildman–Crippen MR) is 77.0 cm³/mol. The molecule has 1 aliphatic carbocycles. The van der Waals surface area contributed by atoms with Gasteiger partial charge in [-0.15, -0.1) is 0 Å². The molecule has 0 amide bonds. The zero-order valence-corrected chi connectivity index (χ0v) is 11.8. The van der Waals surface area contributed by atoms with Crippen molar-refractivity contribution in [3.63, 3.8) is 0 Å². The van der Waals surface area contributed by atoms with Crippen LogP contribution in [0.25, 0.3) is 0 Å². The normalized spacial score (nSPS) is 17.9. The zero-order valence-electron chi connectivity index (χ0n) is 11.8. The van der Waals surface area contributed by atoms with Crippen molar-refractivity contribution in [3.05, 3.63) is 24.0 Å². The van der Waals surface area contributed by atoms with Gasteiger partial charge in [-0.25, -0.2) is 0 Å². The topological polar surface area (TPSA) is 28.2 Å². The Balaban J connectivity index is 2.02. The highest BCUT2D eigenvalue weighted by Gasteiger charge is 2.20. The molecule has 0 aromatic carbocycles. The van der Waals surface area contributed by atoms with Gasteiger partial charge in [0.15, 0.2) is 0 Å². The van der Waals surface area contributed by atoms with Gasteiger partial charge in [0.05, 0.1) is 17.6 Å². The third-order valence-corrected chi connectivity index (χ3v) is 4.00. The number of rotatable bonds is 5. The maximum absolute atomic E-state index is 4.59. The Kier molecular flexibility index (Phi) is 4.59. The fourth-order valence-electron chi connectivity index (χ4n) is 2.78. The SMILES string of the molecule is CCNC(C)c1ccc(N(C)C2CCCC2)cn1. The lowest BCUT2D eigenvalue weighted by Crippen LogP contribution is -2.29. The van der Waals surface area contributed by atoms with Crippen molar-refractivity contribution >= 4 is 5.69 Å². The second kappa shape index (κ2) is 6.19. The first kappa shape index (κ1) is 13.3. The molecule has 1 fully saturated rings. The minimum absolute atomic E-state index is 0.334. The number of hydrogen-bond donors (Lipinski definition) is 1. The lowest BCUT2D eigenvalue weighted by molar-refractivity contribution is 0.582. The van der Waals surface area contributed by atoms with Gasteiger partial charge >= 0.3 is 0 Å². The standard InChI is InChI=1S/C15H25N3/c1-4-16-12(2)15-10-9-14(11-17-15)18(3)13-7-5-6-8-13/h9-13,16H,4-8H2,1-3H3. The van der Waals surface area contributed by atoms with Crippen LogP contribution in [0.3, 0.4) is 0 Å². The number of anilines is 1. The van der Waals surface area contributed by atoms with Crippen LogP contribution in [-0.2, 0) is 0 Å². The Morgan fingerprint density at radius 1 is 1.39 bits per heavy atom. The van der Waals surface area contributed by atoms with E-state index in [-0.39, 0.29) is 0 Å². The lowest BCUT2D eigenvalue weighted by Gasteiger charge is -2.26. The number of hydrogen-bond acceptors (Lipinski definition) is 3. The van der Waals surface area contributed by atoms with Gasteiger partial charge in [-0.05, 0) is 38.4 Å². The van der Waals surface area contributed by atoms with Gasteiger partial charge in [0.25, 0.3) is 0 Å². The molecule has 3 nitrogen and oxygen atoms in total. The van der Waals surface area contributed by atoms with Crippen LogP contribution in [0, 0.1) is 0 Å². The van der Waals surface area contributed by atoms with Crippen LogP contribution in [-0.4, -0.2) is 24.6 Å². The Labute approximate surface area is 111 Å². The minimum Gasteiger partial charge on any atom is -0.370 e. The smallest absolute Gasteiger partial charge is 0.0572 e. The van der Waals surface area contributed by atoms with E-state index in [9.17, 15) is 0 Å². The maximum atomic E-state index is 4.59. The Morgan fingerprint density at radius 3 is 2.67 bits per heavy atom. The summed E-state index contributed by atoms with van der Waals surface area (Å²) in [6.45, 7) is 5.26. The van der Waals surface area contributed by atoms with Crippen molar-refractivity contribution in [2.75, 3.05) is 18.5 Å². The summed E-state index contributed by atoms with van der Waals surface area (Å²) in [6.07, 6.45) is 7.41. The molecule has 0 bridgehead atoms. The van der Waals surface area contributed by atoms with E-state index in [2.05, 4.69) is 48.2 Å². The molecule has 1 unspecified atom stereocenters. The van der Waals surface area contributed by atoms with Crippen LogP contribution >= 0.6 is 0 Å². The first-order valence-corrected chi connectivity index (χ1v) is 7.14. The summed E-state index contributed by atoms with van der Waals surface area (Å²) in [7, 11) is 2.19. The van der Waals surface area contributed by atoms with Crippen molar-refractivity contribution < 1.29 is 0 Å². The van der Waals surface area contributed by atoms with E-state index >= 15 is 0 Å². The zero-order chi connectivity index (χ0) is 13.0. The molecule has 1 aliphatic rings. The molecule has 100 valence electrons. The van der Waals surface area contributed by atoms with E-state index in [1.54, 1.807) is 0 Å². The third-order valence-electron chi connectivity index (χ3n) is 4.00. The molecule has 1 atom stereocenters. The molecule has 1 heterocycles. The first-order chi connectivity index (χ1) is 8.72. The maximum Gasteiger partial charge on any atom is 0.0572 e. The van der Waals surface area contributed by atoms with Gasteiger partial charge in [-0.3, -0.25) is 4.98 Å². The molecule has 0 spiro atoms. The fourth-order valence-corrected chi connectivity index (χ4v) is 2.78. The van der Waals surface area contributed by atoms with Crippen molar-refractivity contribution in [1.29, 1.82) is 0 Å². The van der Waals surface area contributed by atoms with Crippen LogP contribution in [0.2, 0.25) is 0 Å². The highest BCUT2D eigenvalue weighted by atomic mass is 15.1. The Bertz CT molecular complexity index is 355. The highest BCUT2D eigenvalue weighted by Crippen LogP contribution is 2.26. The van der Waals surface area contributed by atoms with Crippen molar-refractivity contribution in [3.8, 4) is 0 Å². The molecule has 18 heavy (non-hydrogen) atoms. The van der Waals surface area contributed by atoms with Crippen molar-refractivity contribution in [2.24, 2.45) is 0 Å². The van der Waals surface area contributed by atoms with Gasteiger partial charge in [-0.2, -0.15) is 0 Å². The number of nitrogens with one attached hydrogen (secondary N) is 1. The molecule has 0 radical (unpaired) electrons. The number of pyridine rings is 1.